The lowest BCUT2D eigenvalue weighted by molar-refractivity contribution is -0.145. The first-order valence-electron chi connectivity index (χ1n) is 15.3. The molecule has 12 nitrogen and oxygen atoms in total. The topological polar surface area (TPSA) is 119 Å². The third-order valence-electron chi connectivity index (χ3n) is 5.29. The number of alkyl halides is 1. The van der Waals surface area contributed by atoms with Gasteiger partial charge < -0.3 is 52.1 Å². The Labute approximate surface area is 267 Å². The normalized spacial score (nSPS) is 11.4. The minimum atomic E-state index is -0.150. The van der Waals surface area contributed by atoms with Crippen LogP contribution in [0.5, 0.6) is 0 Å². The van der Waals surface area contributed by atoms with E-state index in [1.165, 1.54) is 0 Å². The highest BCUT2D eigenvalue weighted by atomic mass is 127. The highest BCUT2D eigenvalue weighted by Gasteiger charge is 2.02. The van der Waals surface area contributed by atoms with Crippen LogP contribution in [0.25, 0.3) is 0 Å². The molecule has 0 unspecified atom stereocenters. The molecule has 0 aliphatic carbocycles. The van der Waals surface area contributed by atoms with Gasteiger partial charge in [-0.3, -0.25) is 4.79 Å². The molecule has 0 radical (unpaired) electrons. The number of hydrogen-bond donors (Lipinski definition) is 0. The van der Waals surface area contributed by atoms with Crippen molar-refractivity contribution in [2.75, 3.05) is 143 Å². The summed E-state index contributed by atoms with van der Waals surface area (Å²) in [5, 5.41) is 0. The van der Waals surface area contributed by atoms with E-state index in [1.807, 2.05) is 0 Å². The maximum atomic E-state index is 11.5. The molecule has 0 N–H and O–H groups in total. The van der Waals surface area contributed by atoms with Crippen molar-refractivity contribution in [3.63, 3.8) is 0 Å². The molecular weight excluding hydrogens is 667 g/mol. The fraction of sp³-hybridized carbons (Fsp3) is 0.966. The Morgan fingerprint density at radius 2 is 0.690 bits per heavy atom. The Kier molecular flexibility index (Phi) is 38.6. The van der Waals surface area contributed by atoms with Crippen molar-refractivity contribution >= 4 is 28.6 Å². The summed E-state index contributed by atoms with van der Waals surface area (Å²) in [6.07, 6.45) is 4.77. The van der Waals surface area contributed by atoms with Crippen LogP contribution in [0.1, 0.15) is 39.0 Å². The van der Waals surface area contributed by atoms with Crippen molar-refractivity contribution < 1.29 is 56.9 Å². The third-order valence-corrected chi connectivity index (χ3v) is 5.74. The van der Waals surface area contributed by atoms with Crippen LogP contribution in [-0.2, 0) is 56.9 Å². The van der Waals surface area contributed by atoms with Gasteiger partial charge in [0.15, 0.2) is 0 Å². The van der Waals surface area contributed by atoms with E-state index >= 15 is 0 Å². The van der Waals surface area contributed by atoms with Gasteiger partial charge in [-0.25, -0.2) is 0 Å². The first-order valence-corrected chi connectivity index (χ1v) is 16.8. The van der Waals surface area contributed by atoms with Gasteiger partial charge in [0.25, 0.3) is 0 Å². The molecule has 0 aliphatic heterocycles. The summed E-state index contributed by atoms with van der Waals surface area (Å²) in [5.74, 6) is -0.150. The first-order chi connectivity index (χ1) is 20.8. The van der Waals surface area contributed by atoms with E-state index in [2.05, 4.69) is 29.5 Å². The van der Waals surface area contributed by atoms with E-state index in [-0.39, 0.29) is 12.6 Å². The van der Waals surface area contributed by atoms with Crippen LogP contribution in [0.15, 0.2) is 0 Å². The van der Waals surface area contributed by atoms with Crippen molar-refractivity contribution in [3.8, 4) is 0 Å². The molecule has 0 saturated heterocycles. The lowest BCUT2D eigenvalue weighted by atomic mass is 10.2. The third kappa shape index (κ3) is 37.8. The molecule has 0 saturated carbocycles. The van der Waals surface area contributed by atoms with Gasteiger partial charge in [-0.1, -0.05) is 48.8 Å². The van der Waals surface area contributed by atoms with Gasteiger partial charge in [0, 0.05) is 10.8 Å². The van der Waals surface area contributed by atoms with Crippen molar-refractivity contribution in [1.29, 1.82) is 0 Å². The van der Waals surface area contributed by atoms with E-state index in [1.54, 1.807) is 0 Å². The molecule has 0 rings (SSSR count). The second-order valence-corrected chi connectivity index (χ2v) is 9.92. The van der Waals surface area contributed by atoms with E-state index in [0.29, 0.717) is 132 Å². The Hall–Kier alpha value is -0.200. The van der Waals surface area contributed by atoms with E-state index in [4.69, 9.17) is 52.1 Å². The van der Waals surface area contributed by atoms with Gasteiger partial charge in [-0.05, 0) is 6.42 Å². The molecule has 0 bridgehead atoms. The van der Waals surface area contributed by atoms with Crippen LogP contribution in [-0.4, -0.2) is 149 Å². The molecule has 0 fully saturated rings. The zero-order valence-corrected chi connectivity index (χ0v) is 28.0. The molecular formula is C29H57IO12. The van der Waals surface area contributed by atoms with Gasteiger partial charge in [-0.15, -0.1) is 0 Å². The van der Waals surface area contributed by atoms with Crippen molar-refractivity contribution in [2.24, 2.45) is 0 Å². The number of ether oxygens (including phenoxy) is 11. The fourth-order valence-corrected chi connectivity index (χ4v) is 3.43. The summed E-state index contributed by atoms with van der Waals surface area (Å²) in [5.41, 5.74) is 0. The average molecular weight is 725 g/mol. The summed E-state index contributed by atoms with van der Waals surface area (Å²) < 4.78 is 60.4. The van der Waals surface area contributed by atoms with Crippen molar-refractivity contribution in [2.45, 2.75) is 39.0 Å². The van der Waals surface area contributed by atoms with Crippen LogP contribution < -0.4 is 0 Å². The van der Waals surface area contributed by atoms with Crippen LogP contribution in [0.4, 0.5) is 0 Å². The Balaban J connectivity index is 3.07. The summed E-state index contributed by atoms with van der Waals surface area (Å²) >= 11 is 2.28. The number of halogens is 1. The molecule has 0 aromatic carbocycles. The molecule has 252 valence electrons. The van der Waals surface area contributed by atoms with Gasteiger partial charge in [-0.2, -0.15) is 0 Å². The largest absolute Gasteiger partial charge is 0.463 e. The molecule has 0 spiro atoms. The highest BCUT2D eigenvalue weighted by molar-refractivity contribution is 14.1. The minimum absolute atomic E-state index is 0.150. The summed E-state index contributed by atoms with van der Waals surface area (Å²) in [4.78, 5) is 11.5. The summed E-state index contributed by atoms with van der Waals surface area (Å²) in [7, 11) is 0. The second-order valence-electron chi connectivity index (χ2n) is 8.84. The number of rotatable bonds is 37. The number of carbonyl (C=O) groups is 1. The Bertz CT molecular complexity index is 519. The minimum Gasteiger partial charge on any atom is -0.463 e. The number of carbonyl (C=O) groups excluding carboxylic acids is 1. The molecule has 0 atom stereocenters. The monoisotopic (exact) mass is 724 g/mol. The van der Waals surface area contributed by atoms with Crippen LogP contribution in [0.2, 0.25) is 0 Å². The smallest absolute Gasteiger partial charge is 0.305 e. The zero-order valence-electron chi connectivity index (χ0n) is 25.9. The number of hydrogen-bond acceptors (Lipinski definition) is 12. The maximum absolute atomic E-state index is 11.5. The lowest BCUT2D eigenvalue weighted by Gasteiger charge is -2.09. The number of esters is 1. The first kappa shape index (κ1) is 41.8. The average Bonchev–Trinajstić information content (AvgIpc) is 3.00. The SMILES string of the molecule is CCCCCCC(=O)OCCOCCOCCOCCOCCOCCOCCOCCOCCOCCOCCI. The van der Waals surface area contributed by atoms with Gasteiger partial charge in [0.05, 0.1) is 132 Å². The van der Waals surface area contributed by atoms with E-state index in [9.17, 15) is 4.79 Å². The molecule has 0 aromatic heterocycles. The van der Waals surface area contributed by atoms with Crippen LogP contribution >= 0.6 is 22.6 Å². The molecule has 42 heavy (non-hydrogen) atoms. The quantitative estimate of drug-likeness (QED) is 0.0406. The fourth-order valence-electron chi connectivity index (χ4n) is 3.12. The van der Waals surface area contributed by atoms with E-state index < -0.39 is 0 Å². The summed E-state index contributed by atoms with van der Waals surface area (Å²) in [6.45, 7) is 13.0. The molecule has 0 aromatic rings. The van der Waals surface area contributed by atoms with Gasteiger partial charge in [0.2, 0.25) is 0 Å². The molecule has 0 amide bonds. The van der Waals surface area contributed by atoms with Crippen LogP contribution in [0, 0.1) is 0 Å². The standard InChI is InChI=1S/C29H57IO12/c1-2-3-4-5-6-29(31)42-28-27-41-26-25-40-24-23-39-22-21-38-20-19-37-18-17-36-16-15-35-14-13-34-12-11-33-10-9-32-8-7-30/h2-28H2,1H3. The summed E-state index contributed by atoms with van der Waals surface area (Å²) in [6, 6.07) is 0. The van der Waals surface area contributed by atoms with E-state index in [0.717, 1.165) is 36.7 Å². The lowest BCUT2D eigenvalue weighted by Crippen LogP contribution is -2.15. The second kappa shape index (κ2) is 38.8. The highest BCUT2D eigenvalue weighted by Crippen LogP contribution is 2.03. The molecule has 0 heterocycles. The Morgan fingerprint density at radius 1 is 0.405 bits per heavy atom. The maximum Gasteiger partial charge on any atom is 0.305 e. The predicted molar refractivity (Wildman–Crippen MR) is 167 cm³/mol. The molecule has 0 aliphatic rings. The molecule has 13 heteroatoms. The zero-order chi connectivity index (χ0) is 30.4. The Morgan fingerprint density at radius 3 is 0.976 bits per heavy atom. The van der Waals surface area contributed by atoms with Gasteiger partial charge >= 0.3 is 5.97 Å². The van der Waals surface area contributed by atoms with Gasteiger partial charge in [0.1, 0.15) is 6.61 Å². The van der Waals surface area contributed by atoms with Crippen LogP contribution in [0.3, 0.4) is 0 Å². The van der Waals surface area contributed by atoms with Crippen molar-refractivity contribution in [3.05, 3.63) is 0 Å². The van der Waals surface area contributed by atoms with Crippen molar-refractivity contribution in [1.82, 2.24) is 0 Å². The number of unbranched alkanes of at least 4 members (excludes halogenated alkanes) is 3. The predicted octanol–water partition coefficient (Wildman–Crippen LogP) is 3.10.